The Balaban J connectivity index is 3.53. The van der Waals surface area contributed by atoms with Gasteiger partial charge in [0.15, 0.2) is 5.56 Å². The first-order valence-electron chi connectivity index (χ1n) is 4.68. The van der Waals surface area contributed by atoms with Gasteiger partial charge in [-0.3, -0.25) is 15.1 Å². The Kier molecular flexibility index (Phi) is 4.87. The molecule has 1 aromatic rings. The summed E-state index contributed by atoms with van der Waals surface area (Å²) in [6.45, 7) is 1.39. The van der Waals surface area contributed by atoms with Crippen LogP contribution in [0.5, 0.6) is 0 Å². The Morgan fingerprint density at radius 1 is 1.67 bits per heavy atom. The van der Waals surface area contributed by atoms with Gasteiger partial charge in [0, 0.05) is 6.20 Å². The third-order valence-corrected chi connectivity index (χ3v) is 2.69. The first-order chi connectivity index (χ1) is 8.40. The molecule has 1 heterocycles. The van der Waals surface area contributed by atoms with Gasteiger partial charge in [0.1, 0.15) is 9.26 Å². The minimum Gasteiger partial charge on any atom is -0.462 e. The van der Waals surface area contributed by atoms with Crippen molar-refractivity contribution in [1.82, 2.24) is 4.98 Å². The van der Waals surface area contributed by atoms with Gasteiger partial charge in [-0.15, -0.1) is 0 Å². The van der Waals surface area contributed by atoms with E-state index in [9.17, 15) is 23.7 Å². The highest BCUT2D eigenvalue weighted by atomic mass is 127. The fourth-order valence-corrected chi connectivity index (χ4v) is 1.85. The molecule has 0 N–H and O–H groups in total. The van der Waals surface area contributed by atoms with E-state index in [-0.39, 0.29) is 10.2 Å². The van der Waals surface area contributed by atoms with Crippen molar-refractivity contribution < 1.29 is 23.2 Å². The SMILES string of the molecule is CCOC(=O)c1c(C(F)F)ncc(I)c1[N+](=O)[O-]. The Labute approximate surface area is 114 Å². The number of carbonyl (C=O) groups excluding carboxylic acids is 1. The van der Waals surface area contributed by atoms with E-state index in [1.807, 2.05) is 0 Å². The van der Waals surface area contributed by atoms with E-state index in [2.05, 4.69) is 9.72 Å². The number of carbonyl (C=O) groups is 1. The largest absolute Gasteiger partial charge is 0.462 e. The molecule has 0 saturated carbocycles. The second-order valence-electron chi connectivity index (χ2n) is 2.99. The number of nitro groups is 1. The third kappa shape index (κ3) is 2.89. The summed E-state index contributed by atoms with van der Waals surface area (Å²) in [5.41, 5.74) is -2.44. The van der Waals surface area contributed by atoms with E-state index < -0.39 is 34.3 Å². The van der Waals surface area contributed by atoms with Crippen molar-refractivity contribution in [2.45, 2.75) is 13.3 Å². The minimum atomic E-state index is -3.10. The number of nitrogens with zero attached hydrogens (tertiary/aromatic N) is 2. The summed E-state index contributed by atoms with van der Waals surface area (Å²) >= 11 is 1.55. The number of halogens is 3. The fourth-order valence-electron chi connectivity index (χ4n) is 1.24. The molecule has 1 aromatic heterocycles. The van der Waals surface area contributed by atoms with E-state index in [4.69, 9.17) is 0 Å². The summed E-state index contributed by atoms with van der Waals surface area (Å²) in [5.74, 6) is -1.18. The normalized spacial score (nSPS) is 10.5. The Morgan fingerprint density at radius 3 is 2.72 bits per heavy atom. The number of esters is 1. The van der Waals surface area contributed by atoms with Gasteiger partial charge >= 0.3 is 11.7 Å². The van der Waals surface area contributed by atoms with Crippen LogP contribution in [0.1, 0.15) is 29.4 Å². The molecule has 9 heteroatoms. The highest BCUT2D eigenvalue weighted by Crippen LogP contribution is 2.32. The molecule has 0 spiro atoms. The second kappa shape index (κ2) is 5.98. The lowest BCUT2D eigenvalue weighted by Crippen LogP contribution is -2.14. The predicted octanol–water partition coefficient (Wildman–Crippen LogP) is 2.71. The maximum atomic E-state index is 12.7. The molecule has 0 radical (unpaired) electrons. The van der Waals surface area contributed by atoms with E-state index >= 15 is 0 Å². The molecule has 0 aliphatic carbocycles. The summed E-state index contributed by atoms with van der Waals surface area (Å²) in [7, 11) is 0. The van der Waals surface area contributed by atoms with Crippen LogP contribution in [0, 0.1) is 13.7 Å². The summed E-state index contributed by atoms with van der Waals surface area (Å²) in [6.07, 6.45) is -2.18. The van der Waals surface area contributed by atoms with Crippen LogP contribution in [-0.2, 0) is 4.74 Å². The van der Waals surface area contributed by atoms with Gasteiger partial charge in [-0.1, -0.05) is 0 Å². The molecular weight excluding hydrogens is 365 g/mol. The quantitative estimate of drug-likeness (QED) is 0.351. The van der Waals surface area contributed by atoms with E-state index in [0.29, 0.717) is 0 Å². The smallest absolute Gasteiger partial charge is 0.347 e. The lowest BCUT2D eigenvalue weighted by atomic mass is 10.1. The van der Waals surface area contributed by atoms with Gasteiger partial charge in [-0.05, 0) is 29.5 Å². The van der Waals surface area contributed by atoms with Gasteiger partial charge < -0.3 is 4.74 Å². The fraction of sp³-hybridized carbons (Fsp3) is 0.333. The molecule has 0 aromatic carbocycles. The van der Waals surface area contributed by atoms with Crippen molar-refractivity contribution >= 4 is 34.2 Å². The molecule has 0 amide bonds. The maximum Gasteiger partial charge on any atom is 0.347 e. The predicted molar refractivity (Wildman–Crippen MR) is 64.5 cm³/mol. The van der Waals surface area contributed by atoms with Crippen molar-refractivity contribution in [3.05, 3.63) is 31.1 Å². The zero-order valence-electron chi connectivity index (χ0n) is 9.02. The molecule has 6 nitrogen and oxygen atoms in total. The number of hydrogen-bond donors (Lipinski definition) is 0. The standard InChI is InChI=1S/C9H7F2IN2O4/c1-2-18-9(15)5-6(8(10)11)13-3-4(12)7(5)14(16)17/h3,8H,2H2,1H3. The van der Waals surface area contributed by atoms with Crippen molar-refractivity contribution in [2.75, 3.05) is 6.61 Å². The Hall–Kier alpha value is -1.39. The number of ether oxygens (including phenoxy) is 1. The number of aromatic nitrogens is 1. The van der Waals surface area contributed by atoms with Gasteiger partial charge in [0.05, 0.1) is 11.5 Å². The van der Waals surface area contributed by atoms with Crippen LogP contribution in [-0.4, -0.2) is 22.5 Å². The molecule has 0 saturated heterocycles. The molecule has 0 bridgehead atoms. The van der Waals surface area contributed by atoms with Crippen LogP contribution in [0.4, 0.5) is 14.5 Å². The first-order valence-corrected chi connectivity index (χ1v) is 5.76. The lowest BCUT2D eigenvalue weighted by molar-refractivity contribution is -0.386. The highest BCUT2D eigenvalue weighted by molar-refractivity contribution is 14.1. The lowest BCUT2D eigenvalue weighted by Gasteiger charge is -2.08. The van der Waals surface area contributed by atoms with Crippen LogP contribution in [0.15, 0.2) is 6.20 Å². The van der Waals surface area contributed by atoms with E-state index in [1.165, 1.54) is 6.92 Å². The highest BCUT2D eigenvalue weighted by Gasteiger charge is 2.33. The average molecular weight is 372 g/mol. The molecule has 0 aliphatic heterocycles. The zero-order chi connectivity index (χ0) is 13.9. The number of rotatable bonds is 4. The van der Waals surface area contributed by atoms with Crippen LogP contribution < -0.4 is 0 Å². The van der Waals surface area contributed by atoms with Crippen molar-refractivity contribution in [3.8, 4) is 0 Å². The van der Waals surface area contributed by atoms with E-state index in [1.54, 1.807) is 22.6 Å². The monoisotopic (exact) mass is 372 g/mol. The number of hydrogen-bond acceptors (Lipinski definition) is 5. The van der Waals surface area contributed by atoms with Gasteiger partial charge in [-0.25, -0.2) is 13.6 Å². The molecule has 1 rings (SSSR count). The van der Waals surface area contributed by atoms with Crippen LogP contribution in [0.2, 0.25) is 0 Å². The Morgan fingerprint density at radius 2 is 2.28 bits per heavy atom. The second-order valence-corrected chi connectivity index (χ2v) is 4.16. The van der Waals surface area contributed by atoms with E-state index in [0.717, 1.165) is 6.20 Å². The molecule has 18 heavy (non-hydrogen) atoms. The van der Waals surface area contributed by atoms with Gasteiger partial charge in [0.25, 0.3) is 6.43 Å². The van der Waals surface area contributed by atoms with Gasteiger partial charge in [0.2, 0.25) is 0 Å². The van der Waals surface area contributed by atoms with Crippen molar-refractivity contribution in [3.63, 3.8) is 0 Å². The molecule has 98 valence electrons. The minimum absolute atomic E-state index is 0.00921. The molecule has 0 fully saturated rings. The van der Waals surface area contributed by atoms with Crippen LogP contribution in [0.25, 0.3) is 0 Å². The Bertz CT molecular complexity index is 496. The van der Waals surface area contributed by atoms with Crippen LogP contribution >= 0.6 is 22.6 Å². The summed E-state index contributed by atoms with van der Waals surface area (Å²) < 4.78 is 30.0. The molecular formula is C9H7F2IN2O4. The topological polar surface area (TPSA) is 82.3 Å². The van der Waals surface area contributed by atoms with Crippen molar-refractivity contribution in [1.29, 1.82) is 0 Å². The number of pyridine rings is 1. The molecule has 0 aliphatic rings. The molecule has 0 unspecified atom stereocenters. The third-order valence-electron chi connectivity index (χ3n) is 1.90. The van der Waals surface area contributed by atoms with Crippen molar-refractivity contribution in [2.24, 2.45) is 0 Å². The summed E-state index contributed by atoms with van der Waals surface area (Å²) in [5, 5.41) is 10.8. The van der Waals surface area contributed by atoms with Gasteiger partial charge in [-0.2, -0.15) is 0 Å². The maximum absolute atomic E-state index is 12.7. The average Bonchev–Trinajstić information content (AvgIpc) is 2.27. The first kappa shape index (κ1) is 14.7. The summed E-state index contributed by atoms with van der Waals surface area (Å²) in [4.78, 5) is 24.9. The zero-order valence-corrected chi connectivity index (χ0v) is 11.2. The van der Waals surface area contributed by atoms with Crippen LogP contribution in [0.3, 0.4) is 0 Å². The molecule has 0 atom stereocenters. The summed E-state index contributed by atoms with van der Waals surface area (Å²) in [6, 6.07) is 0. The number of alkyl halides is 2.